The summed E-state index contributed by atoms with van der Waals surface area (Å²) in [4.78, 5) is 7.04. The quantitative estimate of drug-likeness (QED) is 0.344. The molecular formula is C26H29FN4O. The van der Waals surface area contributed by atoms with Gasteiger partial charge < -0.3 is 15.0 Å². The minimum atomic E-state index is -0.256. The van der Waals surface area contributed by atoms with Gasteiger partial charge in [0.05, 0.1) is 23.3 Å². The van der Waals surface area contributed by atoms with Crippen LogP contribution in [0.1, 0.15) is 30.5 Å². The van der Waals surface area contributed by atoms with Crippen LogP contribution in [0.15, 0.2) is 60.7 Å². The second-order valence-corrected chi connectivity index (χ2v) is 7.99. The first-order valence-electron chi connectivity index (χ1n) is 11.0. The molecule has 1 heterocycles. The van der Waals surface area contributed by atoms with Crippen LogP contribution in [0.25, 0.3) is 11.0 Å². The number of fused-ring (bicyclic) bond motifs is 1. The number of aryl methyl sites for hydroxylation is 1. The van der Waals surface area contributed by atoms with Crippen molar-refractivity contribution in [2.75, 3.05) is 18.4 Å². The normalized spacial score (nSPS) is 11.4. The van der Waals surface area contributed by atoms with Gasteiger partial charge in [0.1, 0.15) is 11.6 Å². The van der Waals surface area contributed by atoms with Gasteiger partial charge in [0, 0.05) is 12.1 Å². The van der Waals surface area contributed by atoms with E-state index in [1.807, 2.05) is 43.3 Å². The summed E-state index contributed by atoms with van der Waals surface area (Å²) in [5.41, 5.74) is 5.26. The van der Waals surface area contributed by atoms with Gasteiger partial charge in [0.15, 0.2) is 0 Å². The van der Waals surface area contributed by atoms with Crippen molar-refractivity contribution in [1.82, 2.24) is 14.5 Å². The molecule has 0 bridgehead atoms. The van der Waals surface area contributed by atoms with Crippen molar-refractivity contribution in [2.24, 2.45) is 0 Å². The molecule has 0 amide bonds. The zero-order valence-corrected chi connectivity index (χ0v) is 18.8. The van der Waals surface area contributed by atoms with E-state index in [0.29, 0.717) is 24.7 Å². The monoisotopic (exact) mass is 432 g/mol. The highest BCUT2D eigenvalue weighted by Gasteiger charge is 2.17. The van der Waals surface area contributed by atoms with Gasteiger partial charge in [-0.25, -0.2) is 9.37 Å². The predicted molar refractivity (Wildman–Crippen MR) is 128 cm³/mol. The van der Waals surface area contributed by atoms with Crippen molar-refractivity contribution in [3.63, 3.8) is 0 Å². The van der Waals surface area contributed by atoms with Gasteiger partial charge in [0.25, 0.3) is 0 Å². The van der Waals surface area contributed by atoms with E-state index in [4.69, 9.17) is 4.98 Å². The van der Waals surface area contributed by atoms with Crippen molar-refractivity contribution in [2.45, 2.75) is 33.9 Å². The molecule has 32 heavy (non-hydrogen) atoms. The maximum absolute atomic E-state index is 13.4. The fraction of sp³-hybridized carbons (Fsp3) is 0.269. The summed E-state index contributed by atoms with van der Waals surface area (Å²) in [5.74, 6) is 0.624. The van der Waals surface area contributed by atoms with Crippen molar-refractivity contribution >= 4 is 22.7 Å². The Balaban J connectivity index is 1.74. The van der Waals surface area contributed by atoms with E-state index in [1.54, 1.807) is 12.1 Å². The van der Waals surface area contributed by atoms with E-state index in [0.717, 1.165) is 40.8 Å². The lowest BCUT2D eigenvalue weighted by Crippen LogP contribution is -2.22. The summed E-state index contributed by atoms with van der Waals surface area (Å²) < 4.78 is 15.4. The van der Waals surface area contributed by atoms with Crippen molar-refractivity contribution in [1.29, 1.82) is 0 Å². The first-order chi connectivity index (χ1) is 15.5. The van der Waals surface area contributed by atoms with E-state index in [9.17, 15) is 9.50 Å². The zero-order valence-electron chi connectivity index (χ0n) is 18.8. The standard InChI is InChI=1S/C26H29FN4O/c1-4-30(5-2)17-20-13-10-18(3)24(25(20)32)29-26-28-22-8-6-7-9-23(22)31(26)16-19-11-14-21(27)15-12-19/h6-15,32H,4-5,16-17H2,1-3H3,(H,28,29). The maximum Gasteiger partial charge on any atom is 0.208 e. The molecule has 0 saturated carbocycles. The molecular weight excluding hydrogens is 403 g/mol. The third-order valence-corrected chi connectivity index (χ3v) is 5.90. The van der Waals surface area contributed by atoms with Crippen LogP contribution in [0.2, 0.25) is 0 Å². The molecule has 3 aromatic carbocycles. The number of phenols is 1. The Morgan fingerprint density at radius 1 is 1.00 bits per heavy atom. The fourth-order valence-electron chi connectivity index (χ4n) is 3.92. The van der Waals surface area contributed by atoms with Gasteiger partial charge in [-0.05, 0) is 55.4 Å². The fourth-order valence-corrected chi connectivity index (χ4v) is 3.92. The number of aromatic nitrogens is 2. The number of phenolic OH excluding ortho intramolecular Hbond substituents is 1. The number of anilines is 2. The van der Waals surface area contributed by atoms with Crippen LogP contribution in [0, 0.1) is 12.7 Å². The molecule has 0 saturated heterocycles. The Bertz CT molecular complexity index is 1210. The molecule has 0 fully saturated rings. The first-order valence-corrected chi connectivity index (χ1v) is 11.0. The number of rotatable bonds is 8. The Morgan fingerprint density at radius 3 is 2.44 bits per heavy atom. The summed E-state index contributed by atoms with van der Waals surface area (Å²) in [5, 5.41) is 14.5. The highest BCUT2D eigenvalue weighted by Crippen LogP contribution is 2.35. The molecule has 4 aromatic rings. The summed E-state index contributed by atoms with van der Waals surface area (Å²) in [6, 6.07) is 18.4. The number of imidazole rings is 1. The zero-order chi connectivity index (χ0) is 22.7. The third kappa shape index (κ3) is 4.46. The summed E-state index contributed by atoms with van der Waals surface area (Å²) in [6.45, 7) is 9.25. The van der Waals surface area contributed by atoms with Gasteiger partial charge >= 0.3 is 0 Å². The summed E-state index contributed by atoms with van der Waals surface area (Å²) >= 11 is 0. The molecule has 0 radical (unpaired) electrons. The topological polar surface area (TPSA) is 53.3 Å². The van der Waals surface area contributed by atoms with E-state index < -0.39 is 0 Å². The smallest absolute Gasteiger partial charge is 0.208 e. The SMILES string of the molecule is CCN(CC)Cc1ccc(C)c(Nc2nc3ccccc3n2Cc2ccc(F)cc2)c1O. The Hall–Kier alpha value is -3.38. The number of hydrogen-bond acceptors (Lipinski definition) is 4. The largest absolute Gasteiger partial charge is 0.505 e. The van der Waals surface area contributed by atoms with E-state index in [2.05, 4.69) is 28.6 Å². The molecule has 166 valence electrons. The van der Waals surface area contributed by atoms with Crippen molar-refractivity contribution in [3.8, 4) is 5.75 Å². The molecule has 0 aliphatic rings. The average molecular weight is 433 g/mol. The van der Waals surface area contributed by atoms with E-state index >= 15 is 0 Å². The lowest BCUT2D eigenvalue weighted by Gasteiger charge is -2.21. The van der Waals surface area contributed by atoms with Crippen LogP contribution in [0.4, 0.5) is 16.0 Å². The van der Waals surface area contributed by atoms with Gasteiger partial charge in [-0.3, -0.25) is 4.90 Å². The second-order valence-electron chi connectivity index (χ2n) is 7.99. The molecule has 4 rings (SSSR count). The van der Waals surface area contributed by atoms with Crippen LogP contribution < -0.4 is 5.32 Å². The van der Waals surface area contributed by atoms with Gasteiger partial charge in [-0.1, -0.05) is 50.2 Å². The summed E-state index contributed by atoms with van der Waals surface area (Å²) in [6.07, 6.45) is 0. The minimum Gasteiger partial charge on any atom is -0.505 e. The number of aromatic hydroxyl groups is 1. The van der Waals surface area contributed by atoms with E-state index in [-0.39, 0.29) is 11.6 Å². The maximum atomic E-state index is 13.4. The van der Waals surface area contributed by atoms with E-state index in [1.165, 1.54) is 12.1 Å². The van der Waals surface area contributed by atoms with Gasteiger partial charge in [0.2, 0.25) is 5.95 Å². The molecule has 0 aliphatic carbocycles. The molecule has 0 spiro atoms. The lowest BCUT2D eigenvalue weighted by molar-refractivity contribution is 0.291. The number of hydrogen-bond donors (Lipinski definition) is 2. The van der Waals surface area contributed by atoms with Crippen molar-refractivity contribution < 1.29 is 9.50 Å². The number of benzene rings is 3. The second kappa shape index (κ2) is 9.40. The number of para-hydroxylation sites is 2. The molecule has 5 nitrogen and oxygen atoms in total. The third-order valence-electron chi connectivity index (χ3n) is 5.90. The van der Waals surface area contributed by atoms with Crippen LogP contribution >= 0.6 is 0 Å². The Kier molecular flexibility index (Phi) is 6.42. The number of nitrogens with zero attached hydrogens (tertiary/aromatic N) is 3. The Labute approximate surface area is 188 Å². The van der Waals surface area contributed by atoms with Crippen LogP contribution in [-0.2, 0) is 13.1 Å². The molecule has 6 heteroatoms. The molecule has 1 aromatic heterocycles. The van der Waals surface area contributed by atoms with Gasteiger partial charge in [-0.15, -0.1) is 0 Å². The van der Waals surface area contributed by atoms with Crippen LogP contribution in [0.3, 0.4) is 0 Å². The molecule has 0 aliphatic heterocycles. The van der Waals surface area contributed by atoms with Gasteiger partial charge in [-0.2, -0.15) is 0 Å². The molecule has 2 N–H and O–H groups in total. The molecule has 0 unspecified atom stereocenters. The van der Waals surface area contributed by atoms with Crippen molar-refractivity contribution in [3.05, 3.63) is 83.2 Å². The number of halogens is 1. The van der Waals surface area contributed by atoms with Crippen LogP contribution in [-0.4, -0.2) is 32.6 Å². The first kappa shape index (κ1) is 21.8. The molecule has 0 atom stereocenters. The number of nitrogens with one attached hydrogen (secondary N) is 1. The predicted octanol–water partition coefficient (Wildman–Crippen LogP) is 5.82. The highest BCUT2D eigenvalue weighted by molar-refractivity contribution is 5.81. The van der Waals surface area contributed by atoms with Crippen LogP contribution in [0.5, 0.6) is 5.75 Å². The summed E-state index contributed by atoms with van der Waals surface area (Å²) in [7, 11) is 0. The average Bonchev–Trinajstić information content (AvgIpc) is 3.14. The Morgan fingerprint density at radius 2 is 1.72 bits per heavy atom. The highest BCUT2D eigenvalue weighted by atomic mass is 19.1. The minimum absolute atomic E-state index is 0.247. The lowest BCUT2D eigenvalue weighted by atomic mass is 10.1.